The minimum absolute atomic E-state index is 0.157. The average molecular weight is 263 g/mol. The van der Waals surface area contributed by atoms with Crippen LogP contribution in [0.5, 0.6) is 0 Å². The van der Waals surface area contributed by atoms with Gasteiger partial charge in [0, 0.05) is 12.0 Å². The van der Waals surface area contributed by atoms with Gasteiger partial charge in [0.05, 0.1) is 0 Å². The van der Waals surface area contributed by atoms with Crippen LogP contribution in [0.4, 0.5) is 0 Å². The number of rotatable bonds is 4. The molecule has 0 saturated heterocycles. The zero-order valence-electron chi connectivity index (χ0n) is 12.8. The molecule has 1 rings (SSSR count). The molecule has 3 heteroatoms. The average Bonchev–Trinajstić information content (AvgIpc) is 2.33. The van der Waals surface area contributed by atoms with Crippen molar-refractivity contribution in [3.8, 4) is 0 Å². The molecular weight excluding hydrogens is 238 g/mol. The molecule has 106 valence electrons. The van der Waals surface area contributed by atoms with E-state index in [4.69, 9.17) is 5.11 Å². The Kier molecular flexibility index (Phi) is 4.75. The molecule has 0 aliphatic rings. The van der Waals surface area contributed by atoms with Gasteiger partial charge in [-0.25, -0.2) is 0 Å². The number of hydrogen-bond acceptors (Lipinski definition) is 2. The first-order valence-electron chi connectivity index (χ1n) is 6.66. The van der Waals surface area contributed by atoms with Crippen molar-refractivity contribution in [3.05, 3.63) is 33.9 Å². The highest BCUT2D eigenvalue weighted by Gasteiger charge is 2.26. The quantitative estimate of drug-likeness (QED) is 0.875. The SMILES string of the molecule is Cc1cc(C)c(C)c(C(C)(C)CNC(=O)CO)c1C. The van der Waals surface area contributed by atoms with Gasteiger partial charge in [0.15, 0.2) is 0 Å². The third kappa shape index (κ3) is 3.35. The minimum atomic E-state index is -0.457. The van der Waals surface area contributed by atoms with Crippen LogP contribution < -0.4 is 5.32 Å². The molecule has 1 aromatic carbocycles. The molecule has 0 aliphatic heterocycles. The molecular formula is C16H25NO2. The molecule has 0 heterocycles. The van der Waals surface area contributed by atoms with Crippen LogP contribution in [-0.2, 0) is 10.2 Å². The lowest BCUT2D eigenvalue weighted by atomic mass is 9.77. The molecule has 2 N–H and O–H groups in total. The maximum atomic E-state index is 11.2. The maximum Gasteiger partial charge on any atom is 0.245 e. The number of nitrogens with one attached hydrogen (secondary N) is 1. The first kappa shape index (κ1) is 15.7. The van der Waals surface area contributed by atoms with Crippen molar-refractivity contribution in [2.75, 3.05) is 13.2 Å². The van der Waals surface area contributed by atoms with Crippen LogP contribution in [0.3, 0.4) is 0 Å². The standard InChI is InChI=1S/C16H25NO2/c1-10-7-11(2)13(4)15(12(10)3)16(5,6)9-17-14(19)8-18/h7,18H,8-9H2,1-6H3,(H,17,19). The van der Waals surface area contributed by atoms with E-state index in [2.05, 4.69) is 52.9 Å². The van der Waals surface area contributed by atoms with Crippen LogP contribution in [0.15, 0.2) is 6.07 Å². The van der Waals surface area contributed by atoms with E-state index in [1.165, 1.54) is 27.8 Å². The van der Waals surface area contributed by atoms with Crippen molar-refractivity contribution in [1.82, 2.24) is 5.32 Å². The molecule has 0 aliphatic carbocycles. The smallest absolute Gasteiger partial charge is 0.245 e. The highest BCUT2D eigenvalue weighted by atomic mass is 16.3. The van der Waals surface area contributed by atoms with Gasteiger partial charge in [-0.05, 0) is 55.5 Å². The number of benzene rings is 1. The Morgan fingerprint density at radius 3 is 2.05 bits per heavy atom. The topological polar surface area (TPSA) is 49.3 Å². The first-order chi connectivity index (χ1) is 8.70. The van der Waals surface area contributed by atoms with Gasteiger partial charge in [-0.15, -0.1) is 0 Å². The lowest BCUT2D eigenvalue weighted by Crippen LogP contribution is -2.39. The number of carbonyl (C=O) groups is 1. The number of aliphatic hydroxyl groups excluding tert-OH is 1. The lowest BCUT2D eigenvalue weighted by Gasteiger charge is -2.31. The summed E-state index contributed by atoms with van der Waals surface area (Å²) in [5.41, 5.74) is 6.26. The second-order valence-electron chi connectivity index (χ2n) is 5.95. The molecule has 0 fully saturated rings. The van der Waals surface area contributed by atoms with Crippen LogP contribution in [0, 0.1) is 27.7 Å². The second kappa shape index (κ2) is 5.74. The highest BCUT2D eigenvalue weighted by molar-refractivity contribution is 5.77. The molecule has 0 atom stereocenters. The normalized spacial score (nSPS) is 11.5. The van der Waals surface area contributed by atoms with E-state index in [-0.39, 0.29) is 11.3 Å². The second-order valence-corrected chi connectivity index (χ2v) is 5.95. The van der Waals surface area contributed by atoms with Crippen LogP contribution in [0.1, 0.15) is 41.7 Å². The van der Waals surface area contributed by atoms with Crippen molar-refractivity contribution in [2.24, 2.45) is 0 Å². The molecule has 1 aromatic rings. The van der Waals surface area contributed by atoms with E-state index in [0.717, 1.165) is 0 Å². The summed E-state index contributed by atoms with van der Waals surface area (Å²) < 4.78 is 0. The zero-order chi connectivity index (χ0) is 14.8. The molecule has 3 nitrogen and oxygen atoms in total. The summed E-state index contributed by atoms with van der Waals surface area (Å²) in [6.45, 7) is 12.8. The third-order valence-corrected chi connectivity index (χ3v) is 3.91. The predicted molar refractivity (Wildman–Crippen MR) is 78.5 cm³/mol. The van der Waals surface area contributed by atoms with Crippen molar-refractivity contribution < 1.29 is 9.90 Å². The van der Waals surface area contributed by atoms with Crippen molar-refractivity contribution in [1.29, 1.82) is 0 Å². The summed E-state index contributed by atoms with van der Waals surface area (Å²) in [6, 6.07) is 2.20. The molecule has 0 radical (unpaired) electrons. The molecule has 0 saturated carbocycles. The Bertz CT molecular complexity index is 464. The first-order valence-corrected chi connectivity index (χ1v) is 6.66. The van der Waals surface area contributed by atoms with Gasteiger partial charge in [0.1, 0.15) is 6.61 Å². The van der Waals surface area contributed by atoms with Gasteiger partial charge in [-0.2, -0.15) is 0 Å². The maximum absolute atomic E-state index is 11.2. The minimum Gasteiger partial charge on any atom is -0.387 e. The third-order valence-electron chi connectivity index (χ3n) is 3.91. The van der Waals surface area contributed by atoms with E-state index in [1.807, 2.05) is 0 Å². The van der Waals surface area contributed by atoms with E-state index >= 15 is 0 Å². The molecule has 0 bridgehead atoms. The number of amides is 1. The Balaban J connectivity index is 3.17. The summed E-state index contributed by atoms with van der Waals surface area (Å²) in [6.07, 6.45) is 0. The lowest BCUT2D eigenvalue weighted by molar-refractivity contribution is -0.124. The summed E-state index contributed by atoms with van der Waals surface area (Å²) in [5, 5.41) is 11.6. The Labute approximate surface area is 116 Å². The van der Waals surface area contributed by atoms with Crippen molar-refractivity contribution in [3.63, 3.8) is 0 Å². The molecule has 1 amide bonds. The zero-order valence-corrected chi connectivity index (χ0v) is 12.8. The summed E-state index contributed by atoms with van der Waals surface area (Å²) >= 11 is 0. The van der Waals surface area contributed by atoms with Gasteiger partial charge >= 0.3 is 0 Å². The highest BCUT2D eigenvalue weighted by Crippen LogP contribution is 2.32. The fraction of sp³-hybridized carbons (Fsp3) is 0.562. The largest absolute Gasteiger partial charge is 0.387 e. The van der Waals surface area contributed by atoms with Gasteiger partial charge < -0.3 is 10.4 Å². The van der Waals surface area contributed by atoms with Gasteiger partial charge in [-0.1, -0.05) is 19.9 Å². The summed E-state index contributed by atoms with van der Waals surface area (Å²) in [4.78, 5) is 11.2. The van der Waals surface area contributed by atoms with Crippen molar-refractivity contribution >= 4 is 5.91 Å². The van der Waals surface area contributed by atoms with Gasteiger partial charge in [-0.3, -0.25) is 4.79 Å². The monoisotopic (exact) mass is 263 g/mol. The fourth-order valence-electron chi connectivity index (χ4n) is 2.70. The van der Waals surface area contributed by atoms with Gasteiger partial charge in [0.2, 0.25) is 5.91 Å². The molecule has 0 spiro atoms. The van der Waals surface area contributed by atoms with E-state index in [9.17, 15) is 4.79 Å². The number of hydrogen-bond donors (Lipinski definition) is 2. The van der Waals surface area contributed by atoms with Crippen LogP contribution >= 0.6 is 0 Å². The van der Waals surface area contributed by atoms with Crippen LogP contribution in [-0.4, -0.2) is 24.2 Å². The summed E-state index contributed by atoms with van der Waals surface area (Å²) in [7, 11) is 0. The van der Waals surface area contributed by atoms with Crippen LogP contribution in [0.25, 0.3) is 0 Å². The van der Waals surface area contributed by atoms with E-state index < -0.39 is 6.61 Å². The Morgan fingerprint density at radius 2 is 1.63 bits per heavy atom. The predicted octanol–water partition coefficient (Wildman–Crippen LogP) is 2.31. The van der Waals surface area contributed by atoms with Gasteiger partial charge in [0.25, 0.3) is 0 Å². The number of aryl methyl sites for hydroxylation is 2. The molecule has 19 heavy (non-hydrogen) atoms. The van der Waals surface area contributed by atoms with Crippen LogP contribution in [0.2, 0.25) is 0 Å². The Morgan fingerprint density at radius 1 is 1.16 bits per heavy atom. The number of aliphatic hydroxyl groups is 1. The Hall–Kier alpha value is -1.35. The molecule has 0 aromatic heterocycles. The van der Waals surface area contributed by atoms with E-state index in [1.54, 1.807) is 0 Å². The van der Waals surface area contributed by atoms with Crippen molar-refractivity contribution in [2.45, 2.75) is 47.0 Å². The fourth-order valence-corrected chi connectivity index (χ4v) is 2.70. The number of carbonyl (C=O) groups excluding carboxylic acids is 1. The van der Waals surface area contributed by atoms with E-state index in [0.29, 0.717) is 6.54 Å². The molecule has 0 unspecified atom stereocenters. The summed E-state index contributed by atoms with van der Waals surface area (Å²) in [5.74, 6) is -0.326.